The summed E-state index contributed by atoms with van der Waals surface area (Å²) >= 11 is 0. The fourth-order valence-electron chi connectivity index (χ4n) is 1.69. The van der Waals surface area contributed by atoms with Gasteiger partial charge >= 0.3 is 0 Å². The van der Waals surface area contributed by atoms with Crippen LogP contribution in [0, 0.1) is 5.92 Å². The molecule has 1 aromatic rings. The zero-order valence-corrected chi connectivity index (χ0v) is 12.6. The lowest BCUT2D eigenvalue weighted by Gasteiger charge is -2.13. The maximum atomic E-state index is 11.7. The van der Waals surface area contributed by atoms with E-state index in [4.69, 9.17) is 14.2 Å². The molecule has 5 heteroatoms. The van der Waals surface area contributed by atoms with Crippen LogP contribution < -0.4 is 14.8 Å². The average Bonchev–Trinajstić information content (AvgIpc) is 2.38. The van der Waals surface area contributed by atoms with Crippen LogP contribution in [-0.4, -0.2) is 33.3 Å². The van der Waals surface area contributed by atoms with Gasteiger partial charge in [-0.25, -0.2) is 0 Å². The minimum atomic E-state index is -0.00647. The molecular weight excluding hydrogens is 258 g/mol. The largest absolute Gasteiger partial charge is 0.493 e. The van der Waals surface area contributed by atoms with Gasteiger partial charge in [-0.3, -0.25) is 4.79 Å². The summed E-state index contributed by atoms with van der Waals surface area (Å²) in [5.41, 5.74) is 0.698. The smallest absolute Gasteiger partial charge is 0.224 e. The fraction of sp³-hybridized carbons (Fsp3) is 0.533. The molecule has 1 rings (SSSR count). The molecule has 0 aliphatic carbocycles. The van der Waals surface area contributed by atoms with Gasteiger partial charge in [0.1, 0.15) is 6.61 Å². The van der Waals surface area contributed by atoms with Gasteiger partial charge in [0.15, 0.2) is 11.5 Å². The first-order valence-corrected chi connectivity index (χ1v) is 6.66. The summed E-state index contributed by atoms with van der Waals surface area (Å²) in [5, 5.41) is 2.85. The van der Waals surface area contributed by atoms with Crippen molar-refractivity contribution in [3.63, 3.8) is 0 Å². The standard InChI is InChI=1S/C15H23NO4/c1-11(2)9-15(17)16-12-5-6-13(19-4)14(10-12)20-8-7-18-3/h5-6,10-11H,7-9H2,1-4H3,(H,16,17). The first kappa shape index (κ1) is 16.3. The van der Waals surface area contributed by atoms with Gasteiger partial charge in [-0.1, -0.05) is 13.8 Å². The third-order valence-electron chi connectivity index (χ3n) is 2.59. The third kappa shape index (κ3) is 5.48. The Balaban J connectivity index is 2.72. The van der Waals surface area contributed by atoms with Gasteiger partial charge in [-0.15, -0.1) is 0 Å². The molecule has 0 saturated carbocycles. The highest BCUT2D eigenvalue weighted by molar-refractivity contribution is 5.91. The molecule has 0 unspecified atom stereocenters. The van der Waals surface area contributed by atoms with E-state index < -0.39 is 0 Å². The van der Waals surface area contributed by atoms with Crippen molar-refractivity contribution >= 4 is 11.6 Å². The second-order valence-corrected chi connectivity index (χ2v) is 4.85. The lowest BCUT2D eigenvalue weighted by Crippen LogP contribution is -2.14. The maximum Gasteiger partial charge on any atom is 0.224 e. The first-order valence-electron chi connectivity index (χ1n) is 6.66. The summed E-state index contributed by atoms with van der Waals surface area (Å²) in [6, 6.07) is 5.32. The molecule has 0 atom stereocenters. The molecule has 5 nitrogen and oxygen atoms in total. The van der Waals surface area contributed by atoms with E-state index in [2.05, 4.69) is 5.32 Å². The summed E-state index contributed by atoms with van der Waals surface area (Å²) < 4.78 is 15.7. The van der Waals surface area contributed by atoms with Gasteiger partial charge in [0, 0.05) is 25.3 Å². The summed E-state index contributed by atoms with van der Waals surface area (Å²) in [7, 11) is 3.19. The summed E-state index contributed by atoms with van der Waals surface area (Å²) in [4.78, 5) is 11.7. The zero-order chi connectivity index (χ0) is 15.0. The Labute approximate surface area is 120 Å². The first-order chi connectivity index (χ1) is 9.56. The van der Waals surface area contributed by atoms with E-state index in [1.807, 2.05) is 13.8 Å². The topological polar surface area (TPSA) is 56.8 Å². The molecule has 1 amide bonds. The molecule has 112 valence electrons. The highest BCUT2D eigenvalue weighted by atomic mass is 16.5. The van der Waals surface area contributed by atoms with Crippen molar-refractivity contribution in [1.29, 1.82) is 0 Å². The molecule has 0 heterocycles. The molecule has 0 aliphatic heterocycles. The normalized spacial score (nSPS) is 10.4. The second-order valence-electron chi connectivity index (χ2n) is 4.85. The van der Waals surface area contributed by atoms with Crippen molar-refractivity contribution in [3.05, 3.63) is 18.2 Å². The SMILES string of the molecule is COCCOc1cc(NC(=O)CC(C)C)ccc1OC. The zero-order valence-electron chi connectivity index (χ0n) is 12.6. The minimum Gasteiger partial charge on any atom is -0.493 e. The van der Waals surface area contributed by atoms with Crippen LogP contribution in [0.15, 0.2) is 18.2 Å². The lowest BCUT2D eigenvalue weighted by molar-refractivity contribution is -0.116. The Hall–Kier alpha value is -1.75. The Morgan fingerprint density at radius 1 is 1.20 bits per heavy atom. The monoisotopic (exact) mass is 281 g/mol. The van der Waals surface area contributed by atoms with E-state index in [0.29, 0.717) is 42.7 Å². The van der Waals surface area contributed by atoms with Crippen LogP contribution in [0.5, 0.6) is 11.5 Å². The van der Waals surface area contributed by atoms with Gasteiger partial charge in [-0.2, -0.15) is 0 Å². The number of amides is 1. The van der Waals surface area contributed by atoms with Crippen molar-refractivity contribution in [2.45, 2.75) is 20.3 Å². The van der Waals surface area contributed by atoms with Gasteiger partial charge < -0.3 is 19.5 Å². The Morgan fingerprint density at radius 2 is 1.95 bits per heavy atom. The molecular formula is C15H23NO4. The average molecular weight is 281 g/mol. The minimum absolute atomic E-state index is 0.00647. The molecule has 0 bridgehead atoms. The number of anilines is 1. The third-order valence-corrected chi connectivity index (χ3v) is 2.59. The van der Waals surface area contributed by atoms with Crippen molar-refractivity contribution in [3.8, 4) is 11.5 Å². The Bertz CT molecular complexity index is 432. The molecule has 1 aromatic carbocycles. The van der Waals surface area contributed by atoms with Crippen LogP contribution in [0.4, 0.5) is 5.69 Å². The van der Waals surface area contributed by atoms with Gasteiger partial charge in [0.05, 0.1) is 13.7 Å². The molecule has 20 heavy (non-hydrogen) atoms. The highest BCUT2D eigenvalue weighted by Crippen LogP contribution is 2.30. The van der Waals surface area contributed by atoms with Crippen LogP contribution in [0.25, 0.3) is 0 Å². The Morgan fingerprint density at radius 3 is 2.55 bits per heavy atom. The number of rotatable bonds is 8. The predicted molar refractivity (Wildman–Crippen MR) is 78.4 cm³/mol. The number of nitrogens with one attached hydrogen (secondary N) is 1. The highest BCUT2D eigenvalue weighted by Gasteiger charge is 2.09. The van der Waals surface area contributed by atoms with Crippen molar-refractivity contribution in [2.24, 2.45) is 5.92 Å². The molecule has 0 aromatic heterocycles. The molecule has 1 N–H and O–H groups in total. The molecule has 0 saturated heterocycles. The predicted octanol–water partition coefficient (Wildman–Crippen LogP) is 2.71. The number of hydrogen-bond donors (Lipinski definition) is 1. The van der Waals surface area contributed by atoms with Gasteiger partial charge in [0.2, 0.25) is 5.91 Å². The number of benzene rings is 1. The fourth-order valence-corrected chi connectivity index (χ4v) is 1.69. The maximum absolute atomic E-state index is 11.7. The van der Waals surface area contributed by atoms with Gasteiger partial charge in [0.25, 0.3) is 0 Å². The molecule has 0 fully saturated rings. The van der Waals surface area contributed by atoms with Crippen LogP contribution in [0.1, 0.15) is 20.3 Å². The molecule has 0 radical (unpaired) electrons. The van der Waals surface area contributed by atoms with Crippen LogP contribution in [0.2, 0.25) is 0 Å². The van der Waals surface area contributed by atoms with E-state index in [0.717, 1.165) is 0 Å². The summed E-state index contributed by atoms with van der Waals surface area (Å²) in [6.45, 7) is 4.93. The van der Waals surface area contributed by atoms with Crippen molar-refractivity contribution in [1.82, 2.24) is 0 Å². The molecule has 0 spiro atoms. The summed E-state index contributed by atoms with van der Waals surface area (Å²) in [5.74, 6) is 1.54. The van der Waals surface area contributed by atoms with E-state index in [9.17, 15) is 4.79 Å². The number of hydrogen-bond acceptors (Lipinski definition) is 4. The van der Waals surface area contributed by atoms with Crippen LogP contribution >= 0.6 is 0 Å². The van der Waals surface area contributed by atoms with Crippen molar-refractivity contribution < 1.29 is 19.0 Å². The van der Waals surface area contributed by atoms with Crippen molar-refractivity contribution in [2.75, 3.05) is 32.8 Å². The van der Waals surface area contributed by atoms with Crippen LogP contribution in [-0.2, 0) is 9.53 Å². The summed E-state index contributed by atoms with van der Waals surface area (Å²) in [6.07, 6.45) is 0.492. The number of methoxy groups -OCH3 is 2. The lowest BCUT2D eigenvalue weighted by atomic mass is 10.1. The van der Waals surface area contributed by atoms with E-state index in [1.54, 1.807) is 32.4 Å². The van der Waals surface area contributed by atoms with E-state index >= 15 is 0 Å². The van der Waals surface area contributed by atoms with E-state index in [-0.39, 0.29) is 5.91 Å². The number of carbonyl (C=O) groups is 1. The van der Waals surface area contributed by atoms with Gasteiger partial charge in [-0.05, 0) is 18.1 Å². The Kier molecular flexibility index (Phi) is 6.87. The number of ether oxygens (including phenoxy) is 3. The van der Waals surface area contributed by atoms with Crippen LogP contribution in [0.3, 0.4) is 0 Å². The quantitative estimate of drug-likeness (QED) is 0.744. The number of carbonyl (C=O) groups excluding carboxylic acids is 1. The van der Waals surface area contributed by atoms with E-state index in [1.165, 1.54) is 0 Å². The second kappa shape index (κ2) is 8.43. The molecule has 0 aliphatic rings.